The molecular weight excluding hydrogens is 338 g/mol. The van der Waals surface area contributed by atoms with Crippen LogP contribution in [0.3, 0.4) is 0 Å². The van der Waals surface area contributed by atoms with Crippen molar-refractivity contribution in [2.45, 2.75) is 19.3 Å². The minimum absolute atomic E-state index is 0.156. The van der Waals surface area contributed by atoms with Gasteiger partial charge in [-0.05, 0) is 47.9 Å². The highest BCUT2D eigenvalue weighted by molar-refractivity contribution is 5.86. The zero-order valence-corrected chi connectivity index (χ0v) is 15.0. The summed E-state index contributed by atoms with van der Waals surface area (Å²) in [4.78, 5) is 16.3. The molecule has 0 aliphatic rings. The molecule has 0 radical (unpaired) electrons. The van der Waals surface area contributed by atoms with Crippen molar-refractivity contribution in [3.8, 4) is 11.1 Å². The van der Waals surface area contributed by atoms with Crippen molar-refractivity contribution in [1.82, 2.24) is 25.0 Å². The largest absolute Gasteiger partial charge is 0.299 e. The van der Waals surface area contributed by atoms with E-state index in [1.165, 1.54) is 0 Å². The number of Topliss-reactive ketones (excluding diaryl/α,β-unsaturated/α-hetero) is 1. The van der Waals surface area contributed by atoms with Gasteiger partial charge in [0.2, 0.25) is 0 Å². The molecule has 0 fully saturated rings. The van der Waals surface area contributed by atoms with Crippen LogP contribution < -0.4 is 0 Å². The summed E-state index contributed by atoms with van der Waals surface area (Å²) in [6, 6.07) is 11.8. The molecule has 0 aliphatic carbocycles. The smallest absolute Gasteiger partial charge is 0.139 e. The van der Waals surface area contributed by atoms with Gasteiger partial charge in [0.15, 0.2) is 0 Å². The lowest BCUT2D eigenvalue weighted by Crippen LogP contribution is -2.06. The number of hydrogen-bond donors (Lipinski definition) is 0. The highest BCUT2D eigenvalue weighted by Crippen LogP contribution is 2.23. The van der Waals surface area contributed by atoms with Crippen LogP contribution in [0.15, 0.2) is 61.2 Å². The number of carbonyl (C=O) groups is 1. The molecule has 0 bridgehead atoms. The molecule has 3 heterocycles. The molecule has 3 aromatic heterocycles. The lowest BCUT2D eigenvalue weighted by Gasteiger charge is -2.04. The van der Waals surface area contributed by atoms with Crippen LogP contribution in [0.25, 0.3) is 22.0 Å². The van der Waals surface area contributed by atoms with E-state index in [0.29, 0.717) is 25.0 Å². The van der Waals surface area contributed by atoms with Crippen LogP contribution in [0.5, 0.6) is 0 Å². The Morgan fingerprint density at radius 1 is 1.04 bits per heavy atom. The van der Waals surface area contributed by atoms with E-state index >= 15 is 0 Å². The molecule has 0 unspecified atom stereocenters. The number of hydrogen-bond acceptors (Lipinski definition) is 5. The van der Waals surface area contributed by atoms with Crippen molar-refractivity contribution in [3.05, 3.63) is 72.4 Å². The fourth-order valence-electron chi connectivity index (χ4n) is 3.05. The molecule has 6 heteroatoms. The fourth-order valence-corrected chi connectivity index (χ4v) is 3.05. The number of aromatic nitrogens is 5. The van der Waals surface area contributed by atoms with E-state index in [0.717, 1.165) is 27.6 Å². The van der Waals surface area contributed by atoms with Crippen LogP contribution in [0.4, 0.5) is 0 Å². The molecule has 0 spiro atoms. The zero-order chi connectivity index (χ0) is 18.6. The summed E-state index contributed by atoms with van der Waals surface area (Å²) in [5.74, 6) is 0.156. The van der Waals surface area contributed by atoms with Gasteiger partial charge in [-0.1, -0.05) is 6.07 Å². The van der Waals surface area contributed by atoms with Gasteiger partial charge in [0.1, 0.15) is 5.78 Å². The first-order chi connectivity index (χ1) is 13.2. The Labute approximate surface area is 156 Å². The van der Waals surface area contributed by atoms with Gasteiger partial charge < -0.3 is 0 Å². The highest BCUT2D eigenvalue weighted by Gasteiger charge is 2.09. The summed E-state index contributed by atoms with van der Waals surface area (Å²) in [6.45, 7) is 0. The third-order valence-corrected chi connectivity index (χ3v) is 4.49. The average Bonchev–Trinajstić information content (AvgIpc) is 3.13. The van der Waals surface area contributed by atoms with Crippen molar-refractivity contribution in [2.24, 2.45) is 7.05 Å². The standard InChI is InChI=1S/C21H19N5O/c1-26-14-18(13-23-26)16-3-5-21-17(10-16)11-19(24-25-21)12-20(27)4-2-15-6-8-22-9-7-15/h3,5-11,13-14H,2,4,12H2,1H3. The Kier molecular flexibility index (Phi) is 4.70. The molecule has 0 aliphatic heterocycles. The topological polar surface area (TPSA) is 73.6 Å². The Bertz CT molecular complexity index is 1090. The van der Waals surface area contributed by atoms with E-state index < -0.39 is 0 Å². The van der Waals surface area contributed by atoms with Gasteiger partial charge in [0, 0.05) is 43.0 Å². The summed E-state index contributed by atoms with van der Waals surface area (Å²) in [5.41, 5.74) is 4.75. The SMILES string of the molecule is Cn1cc(-c2ccc3nnc(CC(=O)CCc4ccncc4)cc3c2)cn1. The Hall–Kier alpha value is -3.41. The first-order valence-electron chi connectivity index (χ1n) is 8.83. The van der Waals surface area contributed by atoms with E-state index in [9.17, 15) is 4.79 Å². The number of aryl methyl sites for hydroxylation is 2. The van der Waals surface area contributed by atoms with Crippen LogP contribution >= 0.6 is 0 Å². The second-order valence-corrected chi connectivity index (χ2v) is 6.58. The Morgan fingerprint density at radius 3 is 2.67 bits per heavy atom. The van der Waals surface area contributed by atoms with Gasteiger partial charge in [-0.25, -0.2) is 0 Å². The number of ketones is 1. The second kappa shape index (κ2) is 7.45. The van der Waals surface area contributed by atoms with Gasteiger partial charge in [-0.3, -0.25) is 14.5 Å². The third-order valence-electron chi connectivity index (χ3n) is 4.49. The average molecular weight is 357 g/mol. The molecular formula is C21H19N5O. The second-order valence-electron chi connectivity index (χ2n) is 6.58. The van der Waals surface area contributed by atoms with Crippen LogP contribution in [0.2, 0.25) is 0 Å². The van der Waals surface area contributed by atoms with E-state index in [1.54, 1.807) is 17.1 Å². The van der Waals surface area contributed by atoms with Crippen molar-refractivity contribution >= 4 is 16.7 Å². The van der Waals surface area contributed by atoms with Crippen molar-refractivity contribution < 1.29 is 4.79 Å². The van der Waals surface area contributed by atoms with Crippen molar-refractivity contribution in [2.75, 3.05) is 0 Å². The van der Waals surface area contributed by atoms with Gasteiger partial charge in [0.05, 0.1) is 23.8 Å². The predicted octanol–water partition coefficient (Wildman–Crippen LogP) is 3.17. The molecule has 1 aromatic carbocycles. The van der Waals surface area contributed by atoms with Gasteiger partial charge in [-0.15, -0.1) is 0 Å². The molecule has 27 heavy (non-hydrogen) atoms. The molecule has 4 aromatic rings. The number of pyridine rings is 1. The predicted molar refractivity (Wildman–Crippen MR) is 103 cm³/mol. The highest BCUT2D eigenvalue weighted by atomic mass is 16.1. The number of benzene rings is 1. The Balaban J connectivity index is 1.49. The first kappa shape index (κ1) is 17.0. The van der Waals surface area contributed by atoms with E-state index in [1.807, 2.05) is 49.8 Å². The Morgan fingerprint density at radius 2 is 1.89 bits per heavy atom. The maximum Gasteiger partial charge on any atom is 0.139 e. The monoisotopic (exact) mass is 357 g/mol. The van der Waals surface area contributed by atoms with E-state index in [4.69, 9.17) is 0 Å². The molecule has 0 N–H and O–H groups in total. The summed E-state index contributed by atoms with van der Waals surface area (Å²) in [7, 11) is 1.89. The maximum absolute atomic E-state index is 12.3. The van der Waals surface area contributed by atoms with Crippen molar-refractivity contribution in [3.63, 3.8) is 0 Å². The summed E-state index contributed by atoms with van der Waals surface area (Å²) in [5, 5.41) is 13.7. The molecule has 134 valence electrons. The lowest BCUT2D eigenvalue weighted by molar-refractivity contribution is -0.118. The minimum atomic E-state index is 0.156. The zero-order valence-electron chi connectivity index (χ0n) is 15.0. The number of nitrogens with zero attached hydrogens (tertiary/aromatic N) is 5. The lowest BCUT2D eigenvalue weighted by atomic mass is 10.0. The number of rotatable bonds is 6. The summed E-state index contributed by atoms with van der Waals surface area (Å²) >= 11 is 0. The van der Waals surface area contributed by atoms with Crippen LogP contribution in [0.1, 0.15) is 17.7 Å². The van der Waals surface area contributed by atoms with Gasteiger partial charge in [0.25, 0.3) is 0 Å². The molecule has 0 atom stereocenters. The quantitative estimate of drug-likeness (QED) is 0.530. The van der Waals surface area contributed by atoms with Gasteiger partial charge >= 0.3 is 0 Å². The summed E-state index contributed by atoms with van der Waals surface area (Å²) < 4.78 is 1.78. The number of fused-ring (bicyclic) bond motifs is 1. The molecule has 0 saturated carbocycles. The third kappa shape index (κ3) is 4.06. The first-order valence-corrected chi connectivity index (χ1v) is 8.83. The fraction of sp³-hybridized carbons (Fsp3) is 0.190. The van der Waals surface area contributed by atoms with E-state index in [-0.39, 0.29) is 5.78 Å². The molecule has 6 nitrogen and oxygen atoms in total. The maximum atomic E-state index is 12.3. The van der Waals surface area contributed by atoms with Crippen LogP contribution in [0, 0.1) is 0 Å². The molecule has 0 saturated heterocycles. The van der Waals surface area contributed by atoms with Crippen LogP contribution in [-0.4, -0.2) is 30.7 Å². The molecule has 0 amide bonds. The van der Waals surface area contributed by atoms with E-state index in [2.05, 4.69) is 26.3 Å². The van der Waals surface area contributed by atoms with Crippen molar-refractivity contribution in [1.29, 1.82) is 0 Å². The molecule has 4 rings (SSSR count). The van der Waals surface area contributed by atoms with Crippen LogP contribution in [-0.2, 0) is 24.7 Å². The minimum Gasteiger partial charge on any atom is -0.299 e. The number of carbonyl (C=O) groups excluding carboxylic acids is 1. The normalized spacial score (nSPS) is 11.0. The van der Waals surface area contributed by atoms with Gasteiger partial charge in [-0.2, -0.15) is 15.3 Å². The summed E-state index contributed by atoms with van der Waals surface area (Å²) in [6.07, 6.45) is 8.79.